The summed E-state index contributed by atoms with van der Waals surface area (Å²) in [6.45, 7) is 2.39. The summed E-state index contributed by atoms with van der Waals surface area (Å²) in [4.78, 5) is 13.2. The van der Waals surface area contributed by atoms with Crippen LogP contribution in [0.25, 0.3) is 10.9 Å². The number of aromatic nitrogens is 1. The number of sulfonamides is 1. The molecule has 0 radical (unpaired) electrons. The van der Waals surface area contributed by atoms with Gasteiger partial charge in [0.25, 0.3) is 5.91 Å². The van der Waals surface area contributed by atoms with Gasteiger partial charge in [0.15, 0.2) is 0 Å². The number of rotatable bonds is 7. The number of thiophene rings is 1. The number of ether oxygens (including phenoxy) is 1. The van der Waals surface area contributed by atoms with Crippen molar-refractivity contribution in [1.29, 1.82) is 0 Å². The Morgan fingerprint density at radius 3 is 2.73 bits per heavy atom. The molecule has 1 fully saturated rings. The van der Waals surface area contributed by atoms with Gasteiger partial charge in [-0.05, 0) is 48.6 Å². The van der Waals surface area contributed by atoms with Crippen LogP contribution in [0.2, 0.25) is 0 Å². The molecule has 0 bridgehead atoms. The first kappa shape index (κ1) is 21.0. The zero-order valence-corrected chi connectivity index (χ0v) is 18.5. The summed E-state index contributed by atoms with van der Waals surface area (Å²) in [6, 6.07) is 9.18. The van der Waals surface area contributed by atoms with Crippen LogP contribution < -0.4 is 5.32 Å². The van der Waals surface area contributed by atoms with E-state index in [1.165, 1.54) is 10.4 Å². The summed E-state index contributed by atoms with van der Waals surface area (Å²) < 4.78 is 34.8. The number of carbonyl (C=O) groups is 1. The van der Waals surface area contributed by atoms with Crippen LogP contribution in [-0.4, -0.2) is 50.0 Å². The van der Waals surface area contributed by atoms with E-state index in [4.69, 9.17) is 4.74 Å². The zero-order chi connectivity index (χ0) is 21.1. The molecule has 2 aromatic heterocycles. The second-order valence-corrected chi connectivity index (χ2v) is 10.1. The number of piperidine rings is 1. The number of amides is 1. The molecule has 1 aliphatic heterocycles. The van der Waals surface area contributed by atoms with E-state index in [1.807, 2.05) is 30.5 Å². The third-order valence-corrected chi connectivity index (χ3v) is 8.32. The molecular weight excluding hydrogens is 422 g/mol. The summed E-state index contributed by atoms with van der Waals surface area (Å²) in [7, 11) is -1.99. The largest absolute Gasteiger partial charge is 0.383 e. The predicted octanol–water partition coefficient (Wildman–Crippen LogP) is 3.78. The number of fused-ring (bicyclic) bond motifs is 1. The number of anilines is 1. The lowest BCUT2D eigenvalue weighted by Crippen LogP contribution is -2.36. The zero-order valence-electron chi connectivity index (χ0n) is 16.8. The lowest BCUT2D eigenvalue weighted by Gasteiger charge is -2.25. The maximum Gasteiger partial charge on any atom is 0.267 e. The number of carbonyl (C=O) groups excluding carboxylic acids is 1. The normalized spacial score (nSPS) is 15.5. The van der Waals surface area contributed by atoms with Crippen LogP contribution in [0.3, 0.4) is 0 Å². The van der Waals surface area contributed by atoms with Crippen molar-refractivity contribution in [2.45, 2.75) is 30.7 Å². The Labute approximate surface area is 180 Å². The molecule has 0 saturated carbocycles. The SMILES string of the molecule is COCCn1ccc2cc(NC(=O)c3sccc3S(=O)(=O)N3CCCCC3)ccc21. The summed E-state index contributed by atoms with van der Waals surface area (Å²) >= 11 is 1.15. The van der Waals surface area contributed by atoms with Gasteiger partial charge < -0.3 is 14.6 Å². The van der Waals surface area contributed by atoms with Gasteiger partial charge >= 0.3 is 0 Å². The quantitative estimate of drug-likeness (QED) is 0.598. The number of hydrogen-bond acceptors (Lipinski definition) is 5. The molecule has 0 atom stereocenters. The first-order valence-corrected chi connectivity index (χ1v) is 12.3. The van der Waals surface area contributed by atoms with Gasteiger partial charge in [0.1, 0.15) is 9.77 Å². The Morgan fingerprint density at radius 1 is 1.17 bits per heavy atom. The van der Waals surface area contributed by atoms with Crippen LogP contribution in [0.4, 0.5) is 5.69 Å². The van der Waals surface area contributed by atoms with Crippen molar-refractivity contribution in [3.63, 3.8) is 0 Å². The fraction of sp³-hybridized carbons (Fsp3) is 0.381. The lowest BCUT2D eigenvalue weighted by atomic mass is 10.2. The van der Waals surface area contributed by atoms with Crippen molar-refractivity contribution >= 4 is 43.9 Å². The average molecular weight is 448 g/mol. The fourth-order valence-corrected chi connectivity index (χ4v) is 6.57. The Kier molecular flexibility index (Phi) is 6.24. The molecule has 160 valence electrons. The van der Waals surface area contributed by atoms with Crippen LogP contribution in [0.5, 0.6) is 0 Å². The molecular formula is C21H25N3O4S2. The summed E-state index contributed by atoms with van der Waals surface area (Å²) in [5.74, 6) is -0.404. The molecule has 0 unspecified atom stereocenters. The van der Waals surface area contributed by atoms with E-state index in [2.05, 4.69) is 9.88 Å². The molecule has 1 amide bonds. The summed E-state index contributed by atoms with van der Waals surface area (Å²) in [5, 5.41) is 5.51. The van der Waals surface area contributed by atoms with Crippen molar-refractivity contribution in [3.05, 3.63) is 46.8 Å². The van der Waals surface area contributed by atoms with E-state index in [-0.39, 0.29) is 9.77 Å². The molecule has 3 heterocycles. The van der Waals surface area contributed by atoms with Gasteiger partial charge in [-0.15, -0.1) is 11.3 Å². The van der Waals surface area contributed by atoms with Crippen LogP contribution in [0.1, 0.15) is 28.9 Å². The molecule has 9 heteroatoms. The molecule has 7 nitrogen and oxygen atoms in total. The van der Waals surface area contributed by atoms with E-state index in [0.29, 0.717) is 25.4 Å². The number of hydrogen-bond donors (Lipinski definition) is 1. The van der Waals surface area contributed by atoms with Gasteiger partial charge in [-0.25, -0.2) is 8.42 Å². The maximum absolute atomic E-state index is 13.0. The van der Waals surface area contributed by atoms with Crippen molar-refractivity contribution < 1.29 is 17.9 Å². The fourth-order valence-electron chi connectivity index (χ4n) is 3.76. The second kappa shape index (κ2) is 8.89. The van der Waals surface area contributed by atoms with Crippen molar-refractivity contribution in [1.82, 2.24) is 8.87 Å². The smallest absolute Gasteiger partial charge is 0.267 e. The average Bonchev–Trinajstić information content (AvgIpc) is 3.40. The number of benzene rings is 1. The first-order chi connectivity index (χ1) is 14.5. The Bertz CT molecular complexity index is 1140. The minimum absolute atomic E-state index is 0.0960. The minimum Gasteiger partial charge on any atom is -0.383 e. The molecule has 3 aromatic rings. The van der Waals surface area contributed by atoms with Crippen molar-refractivity contribution in [3.8, 4) is 0 Å². The van der Waals surface area contributed by atoms with Crippen LogP contribution in [0.15, 0.2) is 46.8 Å². The Morgan fingerprint density at radius 2 is 1.97 bits per heavy atom. The topological polar surface area (TPSA) is 80.6 Å². The highest BCUT2D eigenvalue weighted by Gasteiger charge is 2.31. The minimum atomic E-state index is -3.66. The molecule has 30 heavy (non-hydrogen) atoms. The monoisotopic (exact) mass is 447 g/mol. The molecule has 0 spiro atoms. The van der Waals surface area contributed by atoms with Gasteiger partial charge in [0, 0.05) is 49.5 Å². The molecule has 1 aromatic carbocycles. The van der Waals surface area contributed by atoms with Crippen LogP contribution in [-0.2, 0) is 21.3 Å². The highest BCUT2D eigenvalue weighted by Crippen LogP contribution is 2.29. The third kappa shape index (κ3) is 4.15. The standard InChI is InChI=1S/C21H25N3O4S2/c1-28-13-12-23-11-7-16-15-17(5-6-18(16)23)22-21(25)20-19(8-14-29-20)30(26,27)24-9-3-2-4-10-24/h5-8,11,14-15H,2-4,9-10,12-13H2,1H3,(H,22,25). The van der Waals surface area contributed by atoms with E-state index < -0.39 is 15.9 Å². The molecule has 1 aliphatic rings. The summed E-state index contributed by atoms with van der Waals surface area (Å²) in [6.07, 6.45) is 4.74. The molecule has 4 rings (SSSR count). The van der Waals surface area contributed by atoms with Crippen molar-refractivity contribution in [2.24, 2.45) is 0 Å². The Hall–Kier alpha value is -2.20. The highest BCUT2D eigenvalue weighted by molar-refractivity contribution is 7.89. The van der Waals surface area contributed by atoms with E-state index in [9.17, 15) is 13.2 Å². The maximum atomic E-state index is 13.0. The van der Waals surface area contributed by atoms with Gasteiger partial charge in [-0.1, -0.05) is 6.42 Å². The summed E-state index contributed by atoms with van der Waals surface area (Å²) in [5.41, 5.74) is 1.68. The van der Waals surface area contributed by atoms with E-state index in [0.717, 1.165) is 48.0 Å². The molecule has 1 saturated heterocycles. The Balaban J connectivity index is 1.54. The highest BCUT2D eigenvalue weighted by atomic mass is 32.2. The number of nitrogens with one attached hydrogen (secondary N) is 1. The number of nitrogens with zero attached hydrogens (tertiary/aromatic N) is 2. The number of methoxy groups -OCH3 is 1. The first-order valence-electron chi connectivity index (χ1n) is 9.97. The van der Waals surface area contributed by atoms with E-state index >= 15 is 0 Å². The van der Waals surface area contributed by atoms with Crippen LogP contribution in [0, 0.1) is 0 Å². The van der Waals surface area contributed by atoms with E-state index in [1.54, 1.807) is 12.5 Å². The van der Waals surface area contributed by atoms with Crippen molar-refractivity contribution in [2.75, 3.05) is 32.1 Å². The predicted molar refractivity (Wildman–Crippen MR) is 119 cm³/mol. The molecule has 0 aliphatic carbocycles. The van der Waals surface area contributed by atoms with Crippen LogP contribution >= 0.6 is 11.3 Å². The van der Waals surface area contributed by atoms with Gasteiger partial charge in [0.05, 0.1) is 6.61 Å². The van der Waals surface area contributed by atoms with Gasteiger partial charge in [0.2, 0.25) is 10.0 Å². The second-order valence-electron chi connectivity index (χ2n) is 7.31. The molecule has 1 N–H and O–H groups in total. The third-order valence-electron chi connectivity index (χ3n) is 5.33. The van der Waals surface area contributed by atoms with Gasteiger partial charge in [-0.3, -0.25) is 4.79 Å². The van der Waals surface area contributed by atoms with Gasteiger partial charge in [-0.2, -0.15) is 4.31 Å². The lowest BCUT2D eigenvalue weighted by molar-refractivity contribution is 0.102.